The summed E-state index contributed by atoms with van der Waals surface area (Å²) in [6, 6.07) is 0. The quantitative estimate of drug-likeness (QED) is 0.716. The van der Waals surface area contributed by atoms with Gasteiger partial charge in [-0.15, -0.1) is 0 Å². The van der Waals surface area contributed by atoms with Crippen molar-refractivity contribution in [3.8, 4) is 0 Å². The van der Waals surface area contributed by atoms with Crippen LogP contribution in [-0.4, -0.2) is 43.7 Å². The van der Waals surface area contributed by atoms with Gasteiger partial charge in [-0.2, -0.15) is 0 Å². The van der Waals surface area contributed by atoms with Crippen LogP contribution in [0.4, 0.5) is 0 Å². The highest BCUT2D eigenvalue weighted by atomic mass is 16.5. The van der Waals surface area contributed by atoms with Gasteiger partial charge in [-0.1, -0.05) is 20.8 Å². The van der Waals surface area contributed by atoms with E-state index in [1.807, 2.05) is 4.90 Å². The first-order valence-corrected chi connectivity index (χ1v) is 5.89. The smallest absolute Gasteiger partial charge is 0.251 e. The van der Waals surface area contributed by atoms with Crippen molar-refractivity contribution in [1.82, 2.24) is 4.90 Å². The molecule has 0 aromatic carbocycles. The molecular weight excluding hydrogens is 204 g/mol. The fourth-order valence-corrected chi connectivity index (χ4v) is 1.48. The average Bonchev–Trinajstić information content (AvgIpc) is 2.26. The lowest BCUT2D eigenvalue weighted by Gasteiger charge is -2.33. The van der Waals surface area contributed by atoms with E-state index >= 15 is 0 Å². The minimum absolute atomic E-state index is 0.0434. The van der Waals surface area contributed by atoms with E-state index in [4.69, 9.17) is 10.5 Å². The van der Waals surface area contributed by atoms with Crippen molar-refractivity contribution in [2.75, 3.05) is 26.7 Å². The predicted molar refractivity (Wildman–Crippen MR) is 66.2 cm³/mol. The number of ether oxygens (including phenoxy) is 1. The maximum absolute atomic E-state index is 12.0. The second-order valence-electron chi connectivity index (χ2n) is 5.01. The van der Waals surface area contributed by atoms with Gasteiger partial charge >= 0.3 is 0 Å². The number of methoxy groups -OCH3 is 1. The lowest BCUT2D eigenvalue weighted by atomic mass is 9.93. The Kier molecular flexibility index (Phi) is 6.60. The molecule has 0 saturated carbocycles. The normalized spacial score (nSPS) is 13.6. The summed E-state index contributed by atoms with van der Waals surface area (Å²) in [5.41, 5.74) is 5.65. The molecule has 1 unspecified atom stereocenters. The van der Waals surface area contributed by atoms with E-state index in [9.17, 15) is 4.79 Å². The second-order valence-corrected chi connectivity index (χ2v) is 5.01. The monoisotopic (exact) mass is 230 g/mol. The van der Waals surface area contributed by atoms with E-state index in [1.54, 1.807) is 14.0 Å². The number of carbonyl (C=O) groups is 1. The zero-order valence-electron chi connectivity index (χ0n) is 11.2. The van der Waals surface area contributed by atoms with Crippen molar-refractivity contribution in [1.29, 1.82) is 0 Å². The van der Waals surface area contributed by atoms with Gasteiger partial charge in [0.2, 0.25) is 0 Å². The van der Waals surface area contributed by atoms with Crippen molar-refractivity contribution in [3.63, 3.8) is 0 Å². The van der Waals surface area contributed by atoms with Gasteiger partial charge in [-0.05, 0) is 25.3 Å². The molecule has 2 N–H and O–H groups in total. The molecule has 0 rings (SSSR count). The van der Waals surface area contributed by atoms with Crippen molar-refractivity contribution >= 4 is 5.91 Å². The molecule has 0 aromatic heterocycles. The van der Waals surface area contributed by atoms with E-state index in [0.717, 1.165) is 13.0 Å². The zero-order chi connectivity index (χ0) is 12.8. The summed E-state index contributed by atoms with van der Waals surface area (Å²) in [6.45, 7) is 10.00. The largest absolute Gasteiger partial charge is 0.372 e. The third-order valence-corrected chi connectivity index (χ3v) is 2.68. The molecule has 0 aliphatic heterocycles. The molecule has 0 bridgehead atoms. The highest BCUT2D eigenvalue weighted by Crippen LogP contribution is 2.16. The number of amides is 1. The Balaban J connectivity index is 4.54. The summed E-state index contributed by atoms with van der Waals surface area (Å²) < 4.78 is 5.06. The predicted octanol–water partition coefficient (Wildman–Crippen LogP) is 1.24. The topological polar surface area (TPSA) is 55.6 Å². The number of rotatable bonds is 7. The highest BCUT2D eigenvalue weighted by Gasteiger charge is 2.26. The Hall–Kier alpha value is -0.610. The molecule has 0 aromatic rings. The second kappa shape index (κ2) is 6.86. The molecule has 0 aliphatic carbocycles. The van der Waals surface area contributed by atoms with Gasteiger partial charge in [0.15, 0.2) is 0 Å². The lowest BCUT2D eigenvalue weighted by molar-refractivity contribution is -0.142. The Morgan fingerprint density at radius 1 is 1.50 bits per heavy atom. The SMILES string of the molecule is CCCN(CC(C)(C)CN)C(=O)C(C)OC. The zero-order valence-corrected chi connectivity index (χ0v) is 11.2. The van der Waals surface area contributed by atoms with Gasteiger partial charge in [0, 0.05) is 20.2 Å². The summed E-state index contributed by atoms with van der Waals surface area (Å²) >= 11 is 0. The van der Waals surface area contributed by atoms with Gasteiger partial charge in [0.1, 0.15) is 6.10 Å². The molecule has 4 heteroatoms. The Labute approximate surface area is 99.1 Å². The van der Waals surface area contributed by atoms with Gasteiger partial charge in [-0.25, -0.2) is 0 Å². The maximum atomic E-state index is 12.0. The Morgan fingerprint density at radius 3 is 2.44 bits per heavy atom. The van der Waals surface area contributed by atoms with Crippen LogP contribution in [-0.2, 0) is 9.53 Å². The van der Waals surface area contributed by atoms with E-state index in [2.05, 4.69) is 20.8 Å². The first-order chi connectivity index (χ1) is 7.37. The van der Waals surface area contributed by atoms with E-state index < -0.39 is 0 Å². The molecule has 4 nitrogen and oxygen atoms in total. The molecule has 0 saturated heterocycles. The minimum atomic E-state index is -0.375. The standard InChI is InChI=1S/C12H26N2O2/c1-6-7-14(9-12(3,4)8-13)11(15)10(2)16-5/h10H,6-9,13H2,1-5H3. The summed E-state index contributed by atoms with van der Waals surface area (Å²) in [5.74, 6) is 0.0471. The summed E-state index contributed by atoms with van der Waals surface area (Å²) in [4.78, 5) is 13.9. The van der Waals surface area contributed by atoms with Crippen LogP contribution in [0, 0.1) is 5.41 Å². The first kappa shape index (κ1) is 15.4. The van der Waals surface area contributed by atoms with Crippen LogP contribution in [0.1, 0.15) is 34.1 Å². The van der Waals surface area contributed by atoms with Crippen molar-refractivity contribution in [2.24, 2.45) is 11.1 Å². The number of hydrogen-bond acceptors (Lipinski definition) is 3. The van der Waals surface area contributed by atoms with E-state index in [1.165, 1.54) is 0 Å². The van der Waals surface area contributed by atoms with Crippen molar-refractivity contribution in [3.05, 3.63) is 0 Å². The van der Waals surface area contributed by atoms with Crippen LogP contribution < -0.4 is 5.73 Å². The van der Waals surface area contributed by atoms with E-state index in [0.29, 0.717) is 13.1 Å². The van der Waals surface area contributed by atoms with Crippen LogP contribution >= 0.6 is 0 Å². The fourth-order valence-electron chi connectivity index (χ4n) is 1.48. The first-order valence-electron chi connectivity index (χ1n) is 5.89. The maximum Gasteiger partial charge on any atom is 0.251 e. The molecule has 96 valence electrons. The van der Waals surface area contributed by atoms with E-state index in [-0.39, 0.29) is 17.4 Å². The van der Waals surface area contributed by atoms with Crippen molar-refractivity contribution < 1.29 is 9.53 Å². The molecular formula is C12H26N2O2. The van der Waals surface area contributed by atoms with Crippen LogP contribution in [0.25, 0.3) is 0 Å². The highest BCUT2D eigenvalue weighted by molar-refractivity contribution is 5.80. The van der Waals surface area contributed by atoms with Crippen LogP contribution in [0.3, 0.4) is 0 Å². The number of nitrogens with two attached hydrogens (primary N) is 1. The minimum Gasteiger partial charge on any atom is -0.372 e. The number of nitrogens with zero attached hydrogens (tertiary/aromatic N) is 1. The van der Waals surface area contributed by atoms with Gasteiger partial charge in [0.25, 0.3) is 5.91 Å². The average molecular weight is 230 g/mol. The molecule has 16 heavy (non-hydrogen) atoms. The molecule has 0 heterocycles. The van der Waals surface area contributed by atoms with Crippen molar-refractivity contribution in [2.45, 2.75) is 40.2 Å². The number of carbonyl (C=O) groups excluding carboxylic acids is 1. The lowest BCUT2D eigenvalue weighted by Crippen LogP contribution is -2.46. The molecule has 1 amide bonds. The van der Waals surface area contributed by atoms with Gasteiger partial charge in [-0.3, -0.25) is 4.79 Å². The molecule has 1 atom stereocenters. The Bertz CT molecular complexity index is 217. The van der Waals surface area contributed by atoms with Crippen LogP contribution in [0.5, 0.6) is 0 Å². The third kappa shape index (κ3) is 4.94. The summed E-state index contributed by atoms with van der Waals surface area (Å²) in [7, 11) is 1.56. The van der Waals surface area contributed by atoms with Crippen LogP contribution in [0.2, 0.25) is 0 Å². The molecule has 0 fully saturated rings. The third-order valence-electron chi connectivity index (χ3n) is 2.68. The number of hydrogen-bond donors (Lipinski definition) is 1. The molecule has 0 radical (unpaired) electrons. The fraction of sp³-hybridized carbons (Fsp3) is 0.917. The Morgan fingerprint density at radius 2 is 2.06 bits per heavy atom. The van der Waals surface area contributed by atoms with Gasteiger partial charge in [0.05, 0.1) is 0 Å². The molecule has 0 spiro atoms. The van der Waals surface area contributed by atoms with Gasteiger partial charge < -0.3 is 15.4 Å². The molecule has 0 aliphatic rings. The summed E-state index contributed by atoms with van der Waals surface area (Å²) in [6.07, 6.45) is 0.572. The van der Waals surface area contributed by atoms with Crippen LogP contribution in [0.15, 0.2) is 0 Å². The summed E-state index contributed by atoms with van der Waals surface area (Å²) in [5, 5.41) is 0.